The van der Waals surface area contributed by atoms with Gasteiger partial charge in [0.1, 0.15) is 0 Å². The van der Waals surface area contributed by atoms with Crippen LogP contribution in [-0.4, -0.2) is 17.1 Å². The molecule has 0 radical (unpaired) electrons. The first-order chi connectivity index (χ1) is 10.1. The van der Waals surface area contributed by atoms with Gasteiger partial charge < -0.3 is 0 Å². The molecule has 106 valence electrons. The highest BCUT2D eigenvalue weighted by Crippen LogP contribution is 2.53. The van der Waals surface area contributed by atoms with Crippen LogP contribution in [0.25, 0.3) is 0 Å². The Balaban J connectivity index is 1.69. The minimum absolute atomic E-state index is 0.119. The monoisotopic (exact) mass is 301 g/mol. The van der Waals surface area contributed by atoms with E-state index in [4.69, 9.17) is 11.6 Å². The van der Waals surface area contributed by atoms with Crippen LogP contribution in [0.5, 0.6) is 0 Å². The summed E-state index contributed by atoms with van der Waals surface area (Å²) in [6, 6.07) is 6.27. The molecule has 4 nitrogen and oxygen atoms in total. The Hall–Kier alpha value is -1.94. The van der Waals surface area contributed by atoms with Gasteiger partial charge in [0.2, 0.25) is 11.8 Å². The third-order valence-corrected chi connectivity index (χ3v) is 5.04. The quantitative estimate of drug-likeness (QED) is 0.479. The van der Waals surface area contributed by atoms with Crippen LogP contribution < -0.4 is 4.90 Å². The average Bonchev–Trinajstić information content (AvgIpc) is 3.13. The van der Waals surface area contributed by atoms with Crippen LogP contribution in [0.3, 0.4) is 0 Å². The zero-order chi connectivity index (χ0) is 14.7. The van der Waals surface area contributed by atoms with Gasteiger partial charge in [-0.3, -0.25) is 19.3 Å². The lowest BCUT2D eigenvalue weighted by atomic mass is 9.85. The first-order valence-corrected chi connectivity index (χ1v) is 7.32. The fraction of sp³-hybridized carbons (Fsp3) is 0.312. The molecule has 3 aliphatic rings. The minimum atomic E-state index is -0.556. The zero-order valence-corrected chi connectivity index (χ0v) is 11.8. The molecule has 0 N–H and O–H groups in total. The second kappa shape index (κ2) is 4.28. The van der Waals surface area contributed by atoms with Gasteiger partial charge in [-0.1, -0.05) is 12.2 Å². The van der Waals surface area contributed by atoms with E-state index >= 15 is 0 Å². The van der Waals surface area contributed by atoms with Gasteiger partial charge in [0.15, 0.2) is 0 Å². The largest absolute Gasteiger partial charge is 0.276 e. The Morgan fingerprint density at radius 3 is 2.00 bits per heavy atom. The van der Waals surface area contributed by atoms with Crippen molar-refractivity contribution in [3.8, 4) is 0 Å². The Labute approximate surface area is 126 Å². The highest BCUT2D eigenvalue weighted by atomic mass is 35.5. The molecule has 0 unspecified atom stereocenters. The van der Waals surface area contributed by atoms with Gasteiger partial charge in [-0.25, -0.2) is 0 Å². The van der Waals surface area contributed by atoms with E-state index in [1.54, 1.807) is 12.1 Å². The number of amides is 2. The van der Waals surface area contributed by atoms with Gasteiger partial charge in [0.05, 0.1) is 17.5 Å². The number of hydrogen-bond acceptors (Lipinski definition) is 3. The SMILES string of the molecule is O=C(Cl)c1ccc(N2C(=O)[C@H]3[C@H](C2=O)[C@H]2C=C[C@H]3C2)cc1. The molecule has 1 aromatic carbocycles. The van der Waals surface area contributed by atoms with E-state index in [-0.39, 0.29) is 35.5 Å². The Morgan fingerprint density at radius 1 is 1.00 bits per heavy atom. The van der Waals surface area contributed by atoms with Gasteiger partial charge in [0.25, 0.3) is 5.24 Å². The van der Waals surface area contributed by atoms with E-state index in [1.807, 2.05) is 0 Å². The van der Waals surface area contributed by atoms with Crippen LogP contribution in [0.15, 0.2) is 36.4 Å². The lowest BCUT2D eigenvalue weighted by molar-refractivity contribution is -0.123. The molecule has 2 fully saturated rings. The fourth-order valence-corrected chi connectivity index (χ4v) is 4.02. The Morgan fingerprint density at radius 2 is 1.52 bits per heavy atom. The van der Waals surface area contributed by atoms with Crippen molar-refractivity contribution in [2.75, 3.05) is 4.90 Å². The molecule has 1 aromatic rings. The average molecular weight is 302 g/mol. The molecule has 1 saturated heterocycles. The number of nitrogens with zero attached hydrogens (tertiary/aromatic N) is 1. The lowest BCUT2D eigenvalue weighted by Gasteiger charge is -2.17. The highest BCUT2D eigenvalue weighted by Gasteiger charge is 2.59. The number of halogens is 1. The van der Waals surface area contributed by atoms with E-state index in [0.717, 1.165) is 6.42 Å². The molecule has 1 heterocycles. The van der Waals surface area contributed by atoms with Crippen LogP contribution in [0, 0.1) is 23.7 Å². The topological polar surface area (TPSA) is 54.5 Å². The summed E-state index contributed by atoms with van der Waals surface area (Å²) in [6.45, 7) is 0. The molecular formula is C16H12ClNO3. The molecule has 5 heteroatoms. The van der Waals surface area contributed by atoms with Gasteiger partial charge >= 0.3 is 0 Å². The number of carbonyl (C=O) groups is 3. The number of anilines is 1. The second-order valence-corrected chi connectivity index (χ2v) is 6.18. The van der Waals surface area contributed by atoms with E-state index in [1.165, 1.54) is 17.0 Å². The number of imide groups is 1. The van der Waals surface area contributed by atoms with Gasteiger partial charge in [-0.2, -0.15) is 0 Å². The summed E-state index contributed by atoms with van der Waals surface area (Å²) in [4.78, 5) is 37.5. The molecule has 1 aliphatic heterocycles. The zero-order valence-electron chi connectivity index (χ0n) is 11.0. The third kappa shape index (κ3) is 1.65. The van der Waals surface area contributed by atoms with Crippen LogP contribution in [0.4, 0.5) is 5.69 Å². The first-order valence-electron chi connectivity index (χ1n) is 6.94. The Bertz CT molecular complexity index is 664. The Kier molecular flexibility index (Phi) is 2.60. The summed E-state index contributed by atoms with van der Waals surface area (Å²) in [5.41, 5.74) is 0.863. The molecule has 2 amide bonds. The van der Waals surface area contributed by atoms with E-state index < -0.39 is 5.24 Å². The molecule has 4 atom stereocenters. The summed E-state index contributed by atoms with van der Waals surface area (Å²) < 4.78 is 0. The normalized spacial score (nSPS) is 32.9. The molecule has 1 saturated carbocycles. The summed E-state index contributed by atoms with van der Waals surface area (Å²) in [6.07, 6.45) is 5.05. The van der Waals surface area contributed by atoms with E-state index in [2.05, 4.69) is 12.2 Å². The number of benzene rings is 1. The molecule has 0 spiro atoms. The number of rotatable bonds is 2. The predicted octanol–water partition coefficient (Wildman–Crippen LogP) is 2.38. The van der Waals surface area contributed by atoms with Gasteiger partial charge in [-0.15, -0.1) is 0 Å². The van der Waals surface area contributed by atoms with Crippen LogP contribution in [0.1, 0.15) is 16.8 Å². The molecule has 2 aliphatic carbocycles. The van der Waals surface area contributed by atoms with E-state index in [0.29, 0.717) is 11.3 Å². The van der Waals surface area contributed by atoms with Crippen molar-refractivity contribution in [3.05, 3.63) is 42.0 Å². The maximum atomic E-state index is 12.6. The third-order valence-electron chi connectivity index (χ3n) is 4.82. The lowest BCUT2D eigenvalue weighted by Crippen LogP contribution is -2.32. The maximum absolute atomic E-state index is 12.6. The number of fused-ring (bicyclic) bond motifs is 5. The van der Waals surface area contributed by atoms with Crippen molar-refractivity contribution in [1.82, 2.24) is 0 Å². The summed E-state index contributed by atoms with van der Waals surface area (Å²) in [7, 11) is 0. The number of allylic oxidation sites excluding steroid dienone is 2. The molecule has 0 aromatic heterocycles. The standard InChI is InChI=1S/C16H12ClNO3/c17-14(19)8-3-5-11(6-4-8)18-15(20)12-9-1-2-10(7-9)13(12)16(18)21/h1-6,9-10,12-13H,7H2/t9-,10-,12+,13+/m0/s1. The summed E-state index contributed by atoms with van der Waals surface area (Å²) in [5, 5.41) is -0.556. The van der Waals surface area contributed by atoms with Crippen molar-refractivity contribution in [2.24, 2.45) is 23.7 Å². The summed E-state index contributed by atoms with van der Waals surface area (Å²) >= 11 is 5.40. The maximum Gasteiger partial charge on any atom is 0.252 e. The molecule has 4 rings (SSSR count). The van der Waals surface area contributed by atoms with Crippen molar-refractivity contribution in [1.29, 1.82) is 0 Å². The van der Waals surface area contributed by atoms with Gasteiger partial charge in [-0.05, 0) is 54.1 Å². The van der Waals surface area contributed by atoms with Crippen LogP contribution in [-0.2, 0) is 9.59 Å². The minimum Gasteiger partial charge on any atom is -0.276 e. The fourth-order valence-electron chi connectivity index (χ4n) is 3.90. The first kappa shape index (κ1) is 12.8. The van der Waals surface area contributed by atoms with Crippen molar-refractivity contribution < 1.29 is 14.4 Å². The summed E-state index contributed by atoms with van der Waals surface area (Å²) in [5.74, 6) is -0.252. The van der Waals surface area contributed by atoms with E-state index in [9.17, 15) is 14.4 Å². The highest BCUT2D eigenvalue weighted by molar-refractivity contribution is 6.67. The predicted molar refractivity (Wildman–Crippen MR) is 76.8 cm³/mol. The second-order valence-electron chi connectivity index (χ2n) is 5.83. The molecular weight excluding hydrogens is 290 g/mol. The van der Waals surface area contributed by atoms with Crippen LogP contribution in [0.2, 0.25) is 0 Å². The smallest absolute Gasteiger partial charge is 0.252 e. The van der Waals surface area contributed by atoms with Crippen LogP contribution >= 0.6 is 11.6 Å². The van der Waals surface area contributed by atoms with Crippen molar-refractivity contribution in [2.45, 2.75) is 6.42 Å². The van der Waals surface area contributed by atoms with Gasteiger partial charge in [0, 0.05) is 5.56 Å². The molecule has 21 heavy (non-hydrogen) atoms. The number of carbonyl (C=O) groups excluding carboxylic acids is 3. The van der Waals surface area contributed by atoms with Crippen molar-refractivity contribution >= 4 is 34.3 Å². The number of hydrogen-bond donors (Lipinski definition) is 0. The molecule has 2 bridgehead atoms. The van der Waals surface area contributed by atoms with Crippen molar-refractivity contribution in [3.63, 3.8) is 0 Å².